The maximum Gasteiger partial charge on any atom is 0.416 e. The fraction of sp³-hybridized carbons (Fsp3) is 0.357. The Balaban J connectivity index is 2.54. The van der Waals surface area contributed by atoms with E-state index >= 15 is 0 Å². The maximum atomic E-state index is 12.7. The van der Waals surface area contributed by atoms with Crippen LogP contribution in [-0.2, 0) is 12.6 Å². The Morgan fingerprint density at radius 2 is 1.89 bits per heavy atom. The van der Waals surface area contributed by atoms with Crippen molar-refractivity contribution < 1.29 is 13.2 Å². The minimum Gasteiger partial charge on any atom is -0.238 e. The topological polar surface area (TPSA) is 17.8 Å². The second-order valence-corrected chi connectivity index (χ2v) is 4.46. The predicted molar refractivity (Wildman–Crippen MR) is 67.4 cm³/mol. The zero-order valence-electron chi connectivity index (χ0n) is 11.0. The highest BCUT2D eigenvalue weighted by atomic mass is 19.4. The highest BCUT2D eigenvalue weighted by molar-refractivity contribution is 5.40. The van der Waals surface area contributed by atoms with E-state index in [1.165, 1.54) is 6.07 Å². The Morgan fingerprint density at radius 1 is 1.21 bits per heavy atom. The molecule has 19 heavy (non-hydrogen) atoms. The summed E-state index contributed by atoms with van der Waals surface area (Å²) in [5, 5.41) is 4.32. The summed E-state index contributed by atoms with van der Waals surface area (Å²) >= 11 is 0. The first-order valence-electron chi connectivity index (χ1n) is 6.07. The highest BCUT2D eigenvalue weighted by Gasteiger charge is 2.30. The van der Waals surface area contributed by atoms with Crippen LogP contribution in [-0.4, -0.2) is 9.78 Å². The lowest BCUT2D eigenvalue weighted by Gasteiger charge is -2.10. The van der Waals surface area contributed by atoms with Crippen LogP contribution in [0.25, 0.3) is 5.69 Å². The zero-order chi connectivity index (χ0) is 14.2. The van der Waals surface area contributed by atoms with Gasteiger partial charge in [0.05, 0.1) is 16.9 Å². The summed E-state index contributed by atoms with van der Waals surface area (Å²) in [6, 6.07) is 5.23. The lowest BCUT2D eigenvalue weighted by atomic mass is 10.1. The molecule has 0 unspecified atom stereocenters. The van der Waals surface area contributed by atoms with Gasteiger partial charge in [-0.3, -0.25) is 0 Å². The SMILES string of the molecule is CCc1c(C)nn(-c2cccc(C(F)(F)F)c2)c1C. The van der Waals surface area contributed by atoms with Crippen molar-refractivity contribution in [3.05, 3.63) is 46.8 Å². The monoisotopic (exact) mass is 268 g/mol. The van der Waals surface area contributed by atoms with Crippen LogP contribution in [0.15, 0.2) is 24.3 Å². The molecule has 2 nitrogen and oxygen atoms in total. The number of alkyl halides is 3. The van der Waals surface area contributed by atoms with Crippen molar-refractivity contribution in [3.8, 4) is 5.69 Å². The summed E-state index contributed by atoms with van der Waals surface area (Å²) in [4.78, 5) is 0. The minimum absolute atomic E-state index is 0.440. The van der Waals surface area contributed by atoms with Crippen molar-refractivity contribution >= 4 is 0 Å². The smallest absolute Gasteiger partial charge is 0.238 e. The van der Waals surface area contributed by atoms with E-state index in [1.54, 1.807) is 10.7 Å². The number of aryl methyl sites for hydroxylation is 1. The van der Waals surface area contributed by atoms with E-state index in [-0.39, 0.29) is 0 Å². The van der Waals surface area contributed by atoms with Gasteiger partial charge in [-0.15, -0.1) is 0 Å². The van der Waals surface area contributed by atoms with E-state index in [0.717, 1.165) is 35.5 Å². The zero-order valence-corrected chi connectivity index (χ0v) is 11.0. The number of benzene rings is 1. The van der Waals surface area contributed by atoms with Gasteiger partial charge in [0.25, 0.3) is 0 Å². The summed E-state index contributed by atoms with van der Waals surface area (Å²) < 4.78 is 39.7. The quantitative estimate of drug-likeness (QED) is 0.802. The molecule has 0 fully saturated rings. The van der Waals surface area contributed by atoms with Gasteiger partial charge in [0, 0.05) is 5.69 Å². The number of halogens is 3. The van der Waals surface area contributed by atoms with E-state index in [4.69, 9.17) is 0 Å². The van der Waals surface area contributed by atoms with E-state index in [1.807, 2.05) is 20.8 Å². The molecule has 0 radical (unpaired) electrons. The van der Waals surface area contributed by atoms with Gasteiger partial charge in [0.15, 0.2) is 0 Å². The third-order valence-corrected chi connectivity index (χ3v) is 3.21. The molecule has 0 atom stereocenters. The van der Waals surface area contributed by atoms with Gasteiger partial charge in [-0.2, -0.15) is 18.3 Å². The maximum absolute atomic E-state index is 12.7. The summed E-state index contributed by atoms with van der Waals surface area (Å²) in [6.07, 6.45) is -3.52. The van der Waals surface area contributed by atoms with Crippen LogP contribution in [0.3, 0.4) is 0 Å². The van der Waals surface area contributed by atoms with E-state index < -0.39 is 11.7 Å². The molecule has 102 valence electrons. The van der Waals surface area contributed by atoms with Crippen molar-refractivity contribution in [1.29, 1.82) is 0 Å². The fourth-order valence-electron chi connectivity index (χ4n) is 2.25. The standard InChI is InChI=1S/C14H15F3N2/c1-4-13-9(2)18-19(10(13)3)12-7-5-6-11(8-12)14(15,16)17/h5-8H,4H2,1-3H3. The largest absolute Gasteiger partial charge is 0.416 e. The molecule has 0 saturated heterocycles. The van der Waals surface area contributed by atoms with Crippen LogP contribution in [0.4, 0.5) is 13.2 Å². The Bertz CT molecular complexity index is 597. The van der Waals surface area contributed by atoms with Crippen LogP contribution >= 0.6 is 0 Å². The molecule has 0 spiro atoms. The average molecular weight is 268 g/mol. The van der Waals surface area contributed by atoms with Gasteiger partial charge in [0.1, 0.15) is 0 Å². The second-order valence-electron chi connectivity index (χ2n) is 4.46. The third kappa shape index (κ3) is 2.50. The number of hydrogen-bond donors (Lipinski definition) is 0. The second kappa shape index (κ2) is 4.72. The molecule has 1 heterocycles. The average Bonchev–Trinajstić information content (AvgIpc) is 2.63. The lowest BCUT2D eigenvalue weighted by molar-refractivity contribution is -0.137. The lowest BCUT2D eigenvalue weighted by Crippen LogP contribution is -2.07. The number of rotatable bonds is 2. The summed E-state index contributed by atoms with van der Waals surface area (Å²) in [6.45, 7) is 5.75. The predicted octanol–water partition coefficient (Wildman–Crippen LogP) is 4.07. The van der Waals surface area contributed by atoms with Crippen LogP contribution in [0.2, 0.25) is 0 Å². The normalized spacial score (nSPS) is 11.9. The Kier molecular flexibility index (Phi) is 3.39. The molecule has 0 saturated carbocycles. The Hall–Kier alpha value is -1.78. The van der Waals surface area contributed by atoms with Crippen molar-refractivity contribution in [2.75, 3.05) is 0 Å². The number of aromatic nitrogens is 2. The summed E-state index contributed by atoms with van der Waals surface area (Å²) in [7, 11) is 0. The molecule has 0 bridgehead atoms. The molecular weight excluding hydrogens is 253 g/mol. The molecule has 2 rings (SSSR count). The van der Waals surface area contributed by atoms with Crippen LogP contribution in [0.5, 0.6) is 0 Å². The van der Waals surface area contributed by atoms with Crippen LogP contribution in [0, 0.1) is 13.8 Å². The van der Waals surface area contributed by atoms with Crippen LogP contribution in [0.1, 0.15) is 29.4 Å². The molecule has 2 aromatic rings. The first-order chi connectivity index (χ1) is 8.84. The van der Waals surface area contributed by atoms with Crippen molar-refractivity contribution in [2.45, 2.75) is 33.4 Å². The summed E-state index contributed by atoms with van der Waals surface area (Å²) in [5.41, 5.74) is 2.61. The Morgan fingerprint density at radius 3 is 2.42 bits per heavy atom. The number of hydrogen-bond acceptors (Lipinski definition) is 1. The molecule has 0 aliphatic heterocycles. The van der Waals surface area contributed by atoms with Crippen molar-refractivity contribution in [3.63, 3.8) is 0 Å². The van der Waals surface area contributed by atoms with Crippen LogP contribution < -0.4 is 0 Å². The fourth-order valence-corrected chi connectivity index (χ4v) is 2.25. The van der Waals surface area contributed by atoms with Gasteiger partial charge in [0.2, 0.25) is 0 Å². The molecular formula is C14H15F3N2. The molecule has 0 aliphatic rings. The van der Waals surface area contributed by atoms with Gasteiger partial charge >= 0.3 is 6.18 Å². The van der Waals surface area contributed by atoms with Crippen molar-refractivity contribution in [2.24, 2.45) is 0 Å². The first-order valence-corrected chi connectivity index (χ1v) is 6.07. The van der Waals surface area contributed by atoms with Crippen molar-refractivity contribution in [1.82, 2.24) is 9.78 Å². The summed E-state index contributed by atoms with van der Waals surface area (Å²) in [5.74, 6) is 0. The van der Waals surface area contributed by atoms with E-state index in [0.29, 0.717) is 5.69 Å². The van der Waals surface area contributed by atoms with E-state index in [9.17, 15) is 13.2 Å². The molecule has 0 N–H and O–H groups in total. The highest BCUT2D eigenvalue weighted by Crippen LogP contribution is 2.30. The van der Waals surface area contributed by atoms with E-state index in [2.05, 4.69) is 5.10 Å². The third-order valence-electron chi connectivity index (χ3n) is 3.21. The van der Waals surface area contributed by atoms with Gasteiger partial charge < -0.3 is 0 Å². The van der Waals surface area contributed by atoms with Gasteiger partial charge in [-0.1, -0.05) is 13.0 Å². The van der Waals surface area contributed by atoms with Gasteiger partial charge in [-0.05, 0) is 44.0 Å². The Labute approximate surface area is 109 Å². The molecule has 5 heteroatoms. The van der Waals surface area contributed by atoms with Gasteiger partial charge in [-0.25, -0.2) is 4.68 Å². The number of nitrogens with zero attached hydrogens (tertiary/aromatic N) is 2. The molecule has 0 amide bonds. The minimum atomic E-state index is -4.33. The molecule has 1 aromatic heterocycles. The molecule has 1 aromatic carbocycles. The molecule has 0 aliphatic carbocycles. The first kappa shape index (κ1) is 13.6.